The number of piperidine rings is 1. The van der Waals surface area contributed by atoms with Gasteiger partial charge < -0.3 is 15.1 Å². The second-order valence-corrected chi connectivity index (χ2v) is 7.02. The molecular formula is C21H33N3O2. The molecule has 1 aliphatic heterocycles. The zero-order valence-electron chi connectivity index (χ0n) is 16.2. The van der Waals surface area contributed by atoms with Crippen LogP contribution in [0.2, 0.25) is 0 Å². The van der Waals surface area contributed by atoms with Crippen LogP contribution in [0.4, 0.5) is 0 Å². The summed E-state index contributed by atoms with van der Waals surface area (Å²) in [7, 11) is 0. The normalized spacial score (nSPS) is 15.3. The Hall–Kier alpha value is -1.88. The summed E-state index contributed by atoms with van der Waals surface area (Å²) >= 11 is 0. The standard InChI is InChI=1S/C21H33N3O2/c1-3-23(4-2)17-14-22-20(25)11-10-18-12-15-24(16-13-18)21(26)19-8-6-5-7-9-19/h5-9,18H,3-4,10-17H2,1-2H3,(H,22,25). The molecule has 144 valence electrons. The number of carbonyl (C=O) groups is 2. The number of hydrogen-bond acceptors (Lipinski definition) is 3. The maximum atomic E-state index is 12.5. The smallest absolute Gasteiger partial charge is 0.253 e. The molecule has 0 aliphatic carbocycles. The Kier molecular flexibility index (Phi) is 8.62. The highest BCUT2D eigenvalue weighted by Crippen LogP contribution is 2.23. The number of rotatable bonds is 9. The number of benzene rings is 1. The monoisotopic (exact) mass is 359 g/mol. The summed E-state index contributed by atoms with van der Waals surface area (Å²) < 4.78 is 0. The molecule has 0 aromatic heterocycles. The lowest BCUT2D eigenvalue weighted by Gasteiger charge is -2.32. The molecule has 1 aromatic rings. The molecule has 2 rings (SSSR count). The molecule has 0 bridgehead atoms. The zero-order chi connectivity index (χ0) is 18.8. The number of nitrogens with zero attached hydrogens (tertiary/aromatic N) is 2. The summed E-state index contributed by atoms with van der Waals surface area (Å²) in [5.74, 6) is 0.821. The highest BCUT2D eigenvalue weighted by Gasteiger charge is 2.23. The number of hydrogen-bond donors (Lipinski definition) is 1. The second-order valence-electron chi connectivity index (χ2n) is 7.02. The zero-order valence-corrected chi connectivity index (χ0v) is 16.2. The van der Waals surface area contributed by atoms with Gasteiger partial charge in [0.1, 0.15) is 0 Å². The van der Waals surface area contributed by atoms with Gasteiger partial charge in [-0.25, -0.2) is 0 Å². The van der Waals surface area contributed by atoms with Gasteiger partial charge in [-0.15, -0.1) is 0 Å². The van der Waals surface area contributed by atoms with E-state index in [2.05, 4.69) is 24.1 Å². The lowest BCUT2D eigenvalue weighted by Crippen LogP contribution is -2.39. The average Bonchev–Trinajstić information content (AvgIpc) is 2.70. The predicted molar refractivity (Wildman–Crippen MR) is 105 cm³/mol. The number of nitrogens with one attached hydrogen (secondary N) is 1. The fraction of sp³-hybridized carbons (Fsp3) is 0.619. The Morgan fingerprint density at radius 2 is 1.77 bits per heavy atom. The molecule has 0 radical (unpaired) electrons. The van der Waals surface area contributed by atoms with Crippen molar-refractivity contribution in [1.82, 2.24) is 15.1 Å². The van der Waals surface area contributed by atoms with Gasteiger partial charge in [-0.1, -0.05) is 32.0 Å². The lowest BCUT2D eigenvalue weighted by atomic mass is 9.91. The SMILES string of the molecule is CCN(CC)CCNC(=O)CCC1CCN(C(=O)c2ccccc2)CC1. The van der Waals surface area contributed by atoms with Gasteiger partial charge in [0.05, 0.1) is 0 Å². The molecule has 1 N–H and O–H groups in total. The van der Waals surface area contributed by atoms with Gasteiger partial charge in [0.25, 0.3) is 5.91 Å². The molecular weight excluding hydrogens is 326 g/mol. The van der Waals surface area contributed by atoms with Crippen LogP contribution in [-0.2, 0) is 4.79 Å². The third kappa shape index (κ3) is 6.45. The van der Waals surface area contributed by atoms with Crippen molar-refractivity contribution in [2.45, 2.75) is 39.5 Å². The van der Waals surface area contributed by atoms with Crippen LogP contribution in [-0.4, -0.2) is 60.9 Å². The van der Waals surface area contributed by atoms with Crippen LogP contribution in [0.15, 0.2) is 30.3 Å². The van der Waals surface area contributed by atoms with Crippen LogP contribution in [0.1, 0.15) is 49.9 Å². The fourth-order valence-electron chi connectivity index (χ4n) is 3.50. The highest BCUT2D eigenvalue weighted by molar-refractivity contribution is 5.94. The van der Waals surface area contributed by atoms with Gasteiger partial charge in [0, 0.05) is 38.2 Å². The van der Waals surface area contributed by atoms with Crippen molar-refractivity contribution in [3.8, 4) is 0 Å². The van der Waals surface area contributed by atoms with E-state index in [-0.39, 0.29) is 11.8 Å². The first-order valence-electron chi connectivity index (χ1n) is 9.97. The molecule has 2 amide bonds. The van der Waals surface area contributed by atoms with Crippen molar-refractivity contribution in [2.24, 2.45) is 5.92 Å². The Morgan fingerprint density at radius 3 is 2.38 bits per heavy atom. The van der Waals surface area contributed by atoms with E-state index < -0.39 is 0 Å². The van der Waals surface area contributed by atoms with Crippen LogP contribution in [0, 0.1) is 5.92 Å². The Bertz CT molecular complexity index is 550. The highest BCUT2D eigenvalue weighted by atomic mass is 16.2. The summed E-state index contributed by atoms with van der Waals surface area (Å²) in [6, 6.07) is 9.47. The van der Waals surface area contributed by atoms with E-state index in [0.717, 1.165) is 64.1 Å². The van der Waals surface area contributed by atoms with Crippen LogP contribution in [0.25, 0.3) is 0 Å². The van der Waals surface area contributed by atoms with Gasteiger partial charge in [-0.2, -0.15) is 0 Å². The van der Waals surface area contributed by atoms with E-state index in [4.69, 9.17) is 0 Å². The van der Waals surface area contributed by atoms with Crippen molar-refractivity contribution < 1.29 is 9.59 Å². The minimum absolute atomic E-state index is 0.123. The summed E-state index contributed by atoms with van der Waals surface area (Å²) in [4.78, 5) is 28.7. The molecule has 1 heterocycles. The Morgan fingerprint density at radius 1 is 1.12 bits per heavy atom. The van der Waals surface area contributed by atoms with Crippen LogP contribution >= 0.6 is 0 Å². The number of likely N-dealkylation sites (tertiary alicyclic amines) is 1. The van der Waals surface area contributed by atoms with E-state index in [1.165, 1.54) is 0 Å². The van der Waals surface area contributed by atoms with Crippen molar-refractivity contribution in [3.05, 3.63) is 35.9 Å². The molecule has 0 spiro atoms. The first-order chi connectivity index (χ1) is 12.6. The first-order valence-corrected chi connectivity index (χ1v) is 9.97. The molecule has 5 heteroatoms. The minimum atomic E-state index is 0.123. The number of amides is 2. The average molecular weight is 360 g/mol. The maximum Gasteiger partial charge on any atom is 0.253 e. The first kappa shape index (κ1) is 20.4. The van der Waals surface area contributed by atoms with Gasteiger partial charge in [0.2, 0.25) is 5.91 Å². The quantitative estimate of drug-likeness (QED) is 0.738. The molecule has 26 heavy (non-hydrogen) atoms. The van der Waals surface area contributed by atoms with E-state index in [9.17, 15) is 9.59 Å². The van der Waals surface area contributed by atoms with Crippen LogP contribution in [0.3, 0.4) is 0 Å². The van der Waals surface area contributed by atoms with Gasteiger partial charge in [-0.3, -0.25) is 9.59 Å². The van der Waals surface area contributed by atoms with Gasteiger partial charge in [-0.05, 0) is 50.4 Å². The van der Waals surface area contributed by atoms with Crippen molar-refractivity contribution >= 4 is 11.8 Å². The van der Waals surface area contributed by atoms with Crippen LogP contribution < -0.4 is 5.32 Å². The second kappa shape index (κ2) is 11.0. The molecule has 5 nitrogen and oxygen atoms in total. The van der Waals surface area contributed by atoms with Crippen molar-refractivity contribution in [3.63, 3.8) is 0 Å². The molecule has 0 unspecified atom stereocenters. The third-order valence-corrected chi connectivity index (χ3v) is 5.35. The van der Waals surface area contributed by atoms with E-state index in [0.29, 0.717) is 12.3 Å². The van der Waals surface area contributed by atoms with E-state index >= 15 is 0 Å². The molecule has 1 aliphatic rings. The molecule has 0 atom stereocenters. The summed E-state index contributed by atoms with van der Waals surface area (Å²) in [6.07, 6.45) is 3.50. The largest absolute Gasteiger partial charge is 0.355 e. The van der Waals surface area contributed by atoms with E-state index in [1.807, 2.05) is 35.2 Å². The third-order valence-electron chi connectivity index (χ3n) is 5.35. The molecule has 0 saturated carbocycles. The number of carbonyl (C=O) groups excluding carboxylic acids is 2. The minimum Gasteiger partial charge on any atom is -0.355 e. The van der Waals surface area contributed by atoms with Crippen LogP contribution in [0.5, 0.6) is 0 Å². The lowest BCUT2D eigenvalue weighted by molar-refractivity contribution is -0.121. The molecule has 1 saturated heterocycles. The summed E-state index contributed by atoms with van der Waals surface area (Å²) in [6.45, 7) is 9.55. The summed E-state index contributed by atoms with van der Waals surface area (Å²) in [5.41, 5.74) is 0.763. The van der Waals surface area contributed by atoms with Gasteiger partial charge in [0.15, 0.2) is 0 Å². The van der Waals surface area contributed by atoms with Crippen molar-refractivity contribution in [1.29, 1.82) is 0 Å². The molecule has 1 aromatic carbocycles. The topological polar surface area (TPSA) is 52.7 Å². The predicted octanol–water partition coefficient (Wildman–Crippen LogP) is 2.78. The molecule has 1 fully saturated rings. The fourth-order valence-corrected chi connectivity index (χ4v) is 3.50. The Balaban J connectivity index is 1.63. The van der Waals surface area contributed by atoms with Gasteiger partial charge >= 0.3 is 0 Å². The Labute approximate surface area is 157 Å². The summed E-state index contributed by atoms with van der Waals surface area (Å²) in [5, 5.41) is 3.02. The number of likely N-dealkylation sites (N-methyl/N-ethyl adjacent to an activating group) is 1. The maximum absolute atomic E-state index is 12.5. The van der Waals surface area contributed by atoms with Crippen molar-refractivity contribution in [2.75, 3.05) is 39.3 Å². The van der Waals surface area contributed by atoms with E-state index in [1.54, 1.807) is 0 Å².